The Balaban J connectivity index is 1.65. The molecule has 3 N–H and O–H groups in total. The lowest BCUT2D eigenvalue weighted by Crippen LogP contribution is -2.41. The van der Waals surface area contributed by atoms with Crippen LogP contribution in [0.25, 0.3) is 0 Å². The molecule has 1 atom stereocenters. The molecule has 0 aliphatic carbocycles. The Hall–Kier alpha value is -3.69. The fraction of sp³-hybridized carbons (Fsp3) is 0.125. The second-order valence-electron chi connectivity index (χ2n) is 7.58. The van der Waals surface area contributed by atoms with Gasteiger partial charge >= 0.3 is 0 Å². The molecule has 0 aromatic heterocycles. The average molecular weight is 496 g/mol. The average Bonchev–Trinajstić information content (AvgIpc) is 3.29. The quantitative estimate of drug-likeness (QED) is 0.417. The smallest absolute Gasteiger partial charge is 0.264 e. The molecule has 0 bridgehead atoms. The molecule has 1 aliphatic heterocycles. The summed E-state index contributed by atoms with van der Waals surface area (Å²) in [5.41, 5.74) is 8.14. The number of sulfonamides is 1. The topological polar surface area (TPSA) is 117 Å². The van der Waals surface area contributed by atoms with E-state index in [1.165, 1.54) is 36.3 Å². The van der Waals surface area contributed by atoms with E-state index >= 15 is 0 Å². The van der Waals surface area contributed by atoms with E-state index in [2.05, 4.69) is 9.71 Å². The van der Waals surface area contributed by atoms with Crippen molar-refractivity contribution >= 4 is 39.2 Å². The van der Waals surface area contributed by atoms with E-state index in [0.29, 0.717) is 11.6 Å². The zero-order valence-electron chi connectivity index (χ0n) is 18.2. The third kappa shape index (κ3) is 4.95. The van der Waals surface area contributed by atoms with Crippen LogP contribution in [0.3, 0.4) is 0 Å². The Morgan fingerprint density at radius 2 is 1.71 bits per heavy atom. The molecule has 0 fully saturated rings. The summed E-state index contributed by atoms with van der Waals surface area (Å²) in [4.78, 5) is 15.4. The van der Waals surface area contributed by atoms with E-state index in [9.17, 15) is 13.2 Å². The lowest BCUT2D eigenvalue weighted by Gasteiger charge is -2.19. The van der Waals surface area contributed by atoms with Crippen LogP contribution in [-0.2, 0) is 10.0 Å². The number of carbonyl (C=O) groups excluding carboxylic acids is 1. The second-order valence-corrected chi connectivity index (χ2v) is 9.70. The minimum atomic E-state index is -3.98. The first kappa shape index (κ1) is 23.5. The molecule has 10 heteroatoms. The van der Waals surface area contributed by atoms with Gasteiger partial charge < -0.3 is 5.73 Å². The van der Waals surface area contributed by atoms with Crippen LogP contribution in [0.4, 0.5) is 0 Å². The molecule has 8 nitrogen and oxygen atoms in total. The molecular formula is C24H22ClN5O3S. The van der Waals surface area contributed by atoms with E-state index in [1.807, 2.05) is 42.5 Å². The standard InChI is InChI=1S/C24H22ClN5O3S/c1-27-24(29-34(32,33)20-13-9-18(10-14-20)23(26)31)30-15-21(16-5-3-2-4-6-16)22(28-30)17-7-11-19(25)12-8-17/h2-14,21H,15H2,1H3,(H2,26,31)(H,27,29). The predicted octanol–water partition coefficient (Wildman–Crippen LogP) is 3.21. The van der Waals surface area contributed by atoms with Crippen LogP contribution in [0.2, 0.25) is 5.02 Å². The van der Waals surface area contributed by atoms with Gasteiger partial charge in [-0.2, -0.15) is 5.10 Å². The van der Waals surface area contributed by atoms with E-state index in [0.717, 1.165) is 16.8 Å². The maximum Gasteiger partial charge on any atom is 0.264 e. The third-order valence-electron chi connectivity index (χ3n) is 5.39. The number of halogens is 1. The molecule has 3 aromatic carbocycles. The zero-order chi connectivity index (χ0) is 24.3. The van der Waals surface area contributed by atoms with Gasteiger partial charge in [0.05, 0.1) is 17.2 Å². The van der Waals surface area contributed by atoms with E-state index in [-0.39, 0.29) is 22.3 Å². The molecule has 1 heterocycles. The summed E-state index contributed by atoms with van der Waals surface area (Å²) in [6.45, 7) is 0.387. The Morgan fingerprint density at radius 3 is 2.29 bits per heavy atom. The van der Waals surface area contributed by atoms with E-state index in [4.69, 9.17) is 22.4 Å². The number of nitrogens with zero attached hydrogens (tertiary/aromatic N) is 3. The number of rotatable bonds is 5. The third-order valence-corrected chi connectivity index (χ3v) is 6.98. The molecule has 1 aliphatic rings. The lowest BCUT2D eigenvalue weighted by atomic mass is 9.91. The summed E-state index contributed by atoms with van der Waals surface area (Å²) in [5, 5.41) is 6.87. The number of primary amides is 1. The summed E-state index contributed by atoms with van der Waals surface area (Å²) >= 11 is 6.06. The number of amides is 1. The molecule has 0 saturated carbocycles. The highest BCUT2D eigenvalue weighted by molar-refractivity contribution is 7.90. The van der Waals surface area contributed by atoms with Crippen molar-refractivity contribution in [3.8, 4) is 0 Å². The number of hydrogen-bond acceptors (Lipinski definition) is 5. The lowest BCUT2D eigenvalue weighted by molar-refractivity contribution is 0.1000. The predicted molar refractivity (Wildman–Crippen MR) is 133 cm³/mol. The molecule has 4 rings (SSSR count). The van der Waals surface area contributed by atoms with Gasteiger partial charge in [0.2, 0.25) is 11.9 Å². The van der Waals surface area contributed by atoms with Crippen molar-refractivity contribution < 1.29 is 13.2 Å². The summed E-state index contributed by atoms with van der Waals surface area (Å²) in [5.74, 6) is -0.678. The highest BCUT2D eigenvalue weighted by Gasteiger charge is 2.32. The van der Waals surface area contributed by atoms with Gasteiger partial charge in [-0.15, -0.1) is 0 Å². The number of nitrogens with one attached hydrogen (secondary N) is 1. The molecular weight excluding hydrogens is 474 g/mol. The number of carbonyl (C=O) groups is 1. The van der Waals surface area contributed by atoms with Crippen LogP contribution in [0.1, 0.15) is 27.4 Å². The van der Waals surface area contributed by atoms with Crippen LogP contribution in [0.15, 0.2) is 93.9 Å². The first-order valence-corrected chi connectivity index (χ1v) is 12.2. The van der Waals surface area contributed by atoms with Crippen molar-refractivity contribution in [1.29, 1.82) is 0 Å². The summed E-state index contributed by atoms with van der Waals surface area (Å²) in [7, 11) is -2.50. The first-order chi connectivity index (χ1) is 16.3. The summed E-state index contributed by atoms with van der Waals surface area (Å²) < 4.78 is 28.5. The molecule has 174 valence electrons. The van der Waals surface area contributed by atoms with Crippen molar-refractivity contribution in [3.05, 3.63) is 101 Å². The van der Waals surface area contributed by atoms with Crippen LogP contribution < -0.4 is 10.5 Å². The second kappa shape index (κ2) is 9.66. The zero-order valence-corrected chi connectivity index (χ0v) is 19.8. The monoisotopic (exact) mass is 495 g/mol. The van der Waals surface area contributed by atoms with Crippen molar-refractivity contribution in [1.82, 2.24) is 9.73 Å². The van der Waals surface area contributed by atoms with Gasteiger partial charge in [-0.1, -0.05) is 54.1 Å². The molecule has 0 radical (unpaired) electrons. The first-order valence-electron chi connectivity index (χ1n) is 10.3. The van der Waals surface area contributed by atoms with Crippen molar-refractivity contribution in [2.24, 2.45) is 15.8 Å². The summed E-state index contributed by atoms with van der Waals surface area (Å²) in [6, 6.07) is 22.5. The van der Waals surface area contributed by atoms with Crippen LogP contribution in [-0.4, -0.2) is 44.6 Å². The van der Waals surface area contributed by atoms with Crippen molar-refractivity contribution in [2.45, 2.75) is 10.8 Å². The molecule has 1 amide bonds. The Morgan fingerprint density at radius 1 is 1.06 bits per heavy atom. The number of hydrazone groups is 1. The number of aliphatic imine (C=N–C) groups is 1. The van der Waals surface area contributed by atoms with E-state index in [1.54, 1.807) is 12.1 Å². The SMILES string of the molecule is CN=C(NS(=O)(=O)c1ccc(C(N)=O)cc1)N1CC(c2ccccc2)C(c2ccc(Cl)cc2)=N1. The van der Waals surface area contributed by atoms with E-state index < -0.39 is 15.9 Å². The van der Waals surface area contributed by atoms with Crippen molar-refractivity contribution in [3.63, 3.8) is 0 Å². The Bertz CT molecular complexity index is 1360. The van der Waals surface area contributed by atoms with Gasteiger partial charge in [0.15, 0.2) is 0 Å². The molecule has 0 spiro atoms. The molecule has 34 heavy (non-hydrogen) atoms. The van der Waals surface area contributed by atoms with Gasteiger partial charge in [-0.3, -0.25) is 9.79 Å². The van der Waals surface area contributed by atoms with Gasteiger partial charge in [-0.05, 0) is 47.5 Å². The minimum absolute atomic E-state index is 0.0284. The highest BCUT2D eigenvalue weighted by Crippen LogP contribution is 2.29. The molecule has 1 unspecified atom stereocenters. The fourth-order valence-corrected chi connectivity index (χ4v) is 4.83. The van der Waals surface area contributed by atoms with Gasteiger partial charge in [0.25, 0.3) is 10.0 Å². The molecule has 3 aromatic rings. The fourth-order valence-electron chi connectivity index (χ4n) is 3.65. The van der Waals surface area contributed by atoms with Crippen LogP contribution in [0.5, 0.6) is 0 Å². The normalized spacial score (nSPS) is 16.3. The summed E-state index contributed by atoms with van der Waals surface area (Å²) in [6.07, 6.45) is 0. The van der Waals surface area contributed by atoms with Crippen LogP contribution >= 0.6 is 11.6 Å². The number of benzene rings is 3. The maximum atomic E-state index is 13.0. The highest BCUT2D eigenvalue weighted by atomic mass is 35.5. The largest absolute Gasteiger partial charge is 0.366 e. The Labute approximate surface area is 202 Å². The van der Waals surface area contributed by atoms with Gasteiger partial charge in [-0.25, -0.2) is 18.1 Å². The van der Waals surface area contributed by atoms with Gasteiger partial charge in [0.1, 0.15) is 0 Å². The molecule has 0 saturated heterocycles. The number of hydrogen-bond donors (Lipinski definition) is 2. The minimum Gasteiger partial charge on any atom is -0.366 e. The number of nitrogens with two attached hydrogens (primary N) is 1. The van der Waals surface area contributed by atoms with Crippen molar-refractivity contribution in [2.75, 3.05) is 13.6 Å². The van der Waals surface area contributed by atoms with Gasteiger partial charge in [0, 0.05) is 23.6 Å². The Kier molecular flexibility index (Phi) is 6.67. The number of guanidine groups is 1. The maximum absolute atomic E-state index is 13.0. The van der Waals surface area contributed by atoms with Crippen LogP contribution in [0, 0.1) is 0 Å².